The van der Waals surface area contributed by atoms with Gasteiger partial charge in [-0.15, -0.1) is 6.58 Å². The summed E-state index contributed by atoms with van der Waals surface area (Å²) in [5.41, 5.74) is 1.17. The Balaban J connectivity index is 3.12. The summed E-state index contributed by atoms with van der Waals surface area (Å²) in [5, 5.41) is 0. The maximum atomic E-state index is 12.4. The molecule has 1 aliphatic rings. The molecule has 1 aliphatic carbocycles. The van der Waals surface area contributed by atoms with E-state index in [0.29, 0.717) is 5.78 Å². The normalized spacial score (nSPS) is 35.4. The van der Waals surface area contributed by atoms with Crippen molar-refractivity contribution in [1.82, 2.24) is 0 Å². The predicted octanol–water partition coefficient (Wildman–Crippen LogP) is 4.15. The molecule has 0 spiro atoms. The highest BCUT2D eigenvalue weighted by Gasteiger charge is 2.38. The van der Waals surface area contributed by atoms with E-state index in [1.165, 1.54) is 5.57 Å². The molecule has 1 rings (SSSR count). The van der Waals surface area contributed by atoms with Gasteiger partial charge in [-0.05, 0) is 32.1 Å². The number of carbonyl (C=O) groups is 1. The Morgan fingerprint density at radius 3 is 2.62 bits per heavy atom. The van der Waals surface area contributed by atoms with Crippen molar-refractivity contribution in [2.24, 2.45) is 17.3 Å². The van der Waals surface area contributed by atoms with Gasteiger partial charge in [0.2, 0.25) is 0 Å². The van der Waals surface area contributed by atoms with Crippen molar-refractivity contribution in [2.75, 3.05) is 0 Å². The minimum Gasteiger partial charge on any atom is -0.299 e. The molecule has 0 aromatic carbocycles. The van der Waals surface area contributed by atoms with Crippen LogP contribution in [0.15, 0.2) is 24.3 Å². The lowest BCUT2D eigenvalue weighted by molar-refractivity contribution is -0.126. The number of ketones is 1. The van der Waals surface area contributed by atoms with Gasteiger partial charge < -0.3 is 0 Å². The fraction of sp³-hybridized carbons (Fsp3) is 0.667. The molecule has 0 amide bonds. The van der Waals surface area contributed by atoms with E-state index in [-0.39, 0.29) is 17.3 Å². The monoisotopic (exact) mass is 220 g/mol. The molecule has 0 N–H and O–H groups in total. The van der Waals surface area contributed by atoms with Crippen molar-refractivity contribution in [3.63, 3.8) is 0 Å². The number of hydrogen-bond acceptors (Lipinski definition) is 1. The lowest BCUT2D eigenvalue weighted by Crippen LogP contribution is -2.31. The summed E-state index contributed by atoms with van der Waals surface area (Å²) < 4.78 is 0. The first-order valence-corrected chi connectivity index (χ1v) is 6.23. The summed E-state index contributed by atoms with van der Waals surface area (Å²) in [4.78, 5) is 12.4. The van der Waals surface area contributed by atoms with Crippen LogP contribution in [0.5, 0.6) is 0 Å². The van der Waals surface area contributed by atoms with Gasteiger partial charge in [0, 0.05) is 11.8 Å². The van der Waals surface area contributed by atoms with Crippen LogP contribution >= 0.6 is 0 Å². The van der Waals surface area contributed by atoms with E-state index in [9.17, 15) is 4.79 Å². The van der Waals surface area contributed by atoms with Crippen LogP contribution in [0.3, 0.4) is 0 Å². The average molecular weight is 220 g/mol. The Labute approximate surface area is 99.6 Å². The van der Waals surface area contributed by atoms with Crippen molar-refractivity contribution in [3.8, 4) is 0 Å². The minimum atomic E-state index is -0.0564. The Kier molecular flexibility index (Phi) is 4.12. The Hall–Kier alpha value is -0.850. The van der Waals surface area contributed by atoms with Gasteiger partial charge in [0.15, 0.2) is 0 Å². The summed E-state index contributed by atoms with van der Waals surface area (Å²) in [6, 6.07) is 0. The molecule has 0 saturated heterocycles. The second kappa shape index (κ2) is 4.99. The molecular formula is C15H24O. The number of hydrogen-bond donors (Lipinski definition) is 0. The third-order valence-electron chi connectivity index (χ3n) is 3.82. The highest BCUT2D eigenvalue weighted by molar-refractivity contribution is 5.86. The first-order chi connectivity index (χ1) is 7.40. The topological polar surface area (TPSA) is 17.1 Å². The predicted molar refractivity (Wildman–Crippen MR) is 69.2 cm³/mol. The van der Waals surface area contributed by atoms with Crippen LogP contribution in [0, 0.1) is 17.3 Å². The van der Waals surface area contributed by atoms with Crippen molar-refractivity contribution in [2.45, 2.75) is 47.0 Å². The van der Waals surface area contributed by atoms with Gasteiger partial charge in [0.25, 0.3) is 0 Å². The standard InChI is InChI=1S/C15H24O/c1-6-15(5)9-7-8-12(4)14(16)13(15)10-11(2)3/h6,10,12-13H,1,7-9H2,2-5H3/t12-,13+,15+/m0/s1. The Bertz CT molecular complexity index is 309. The quantitative estimate of drug-likeness (QED) is 0.504. The smallest absolute Gasteiger partial charge is 0.143 e. The molecule has 0 heterocycles. The van der Waals surface area contributed by atoms with Crippen LogP contribution in [0.25, 0.3) is 0 Å². The molecule has 1 nitrogen and oxygen atoms in total. The van der Waals surface area contributed by atoms with E-state index in [1.807, 2.05) is 6.08 Å². The van der Waals surface area contributed by atoms with Crippen molar-refractivity contribution in [1.29, 1.82) is 0 Å². The summed E-state index contributed by atoms with van der Waals surface area (Å²) in [7, 11) is 0. The van der Waals surface area contributed by atoms with Crippen molar-refractivity contribution < 1.29 is 4.79 Å². The van der Waals surface area contributed by atoms with Gasteiger partial charge in [-0.25, -0.2) is 0 Å². The molecular weight excluding hydrogens is 196 g/mol. The van der Waals surface area contributed by atoms with Gasteiger partial charge in [0.1, 0.15) is 5.78 Å². The minimum absolute atomic E-state index is 0.0208. The second-order valence-corrected chi connectivity index (χ2v) is 5.63. The van der Waals surface area contributed by atoms with Crippen molar-refractivity contribution in [3.05, 3.63) is 24.3 Å². The largest absolute Gasteiger partial charge is 0.299 e. The average Bonchev–Trinajstić information content (AvgIpc) is 2.32. The third-order valence-corrected chi connectivity index (χ3v) is 3.82. The molecule has 0 radical (unpaired) electrons. The zero-order valence-electron chi connectivity index (χ0n) is 11.0. The first-order valence-electron chi connectivity index (χ1n) is 6.23. The number of allylic oxidation sites excluding steroid dienone is 3. The van der Waals surface area contributed by atoms with Gasteiger partial charge in [0.05, 0.1) is 0 Å². The second-order valence-electron chi connectivity index (χ2n) is 5.63. The lowest BCUT2D eigenvalue weighted by Gasteiger charge is -2.31. The highest BCUT2D eigenvalue weighted by atomic mass is 16.1. The summed E-state index contributed by atoms with van der Waals surface area (Å²) >= 11 is 0. The first kappa shape index (κ1) is 13.2. The molecule has 1 heteroatoms. The maximum Gasteiger partial charge on any atom is 0.143 e. The molecule has 0 aromatic heterocycles. The van der Waals surface area contributed by atoms with Crippen molar-refractivity contribution >= 4 is 5.78 Å². The molecule has 0 aromatic rings. The summed E-state index contributed by atoms with van der Waals surface area (Å²) in [5.74, 6) is 0.607. The zero-order chi connectivity index (χ0) is 12.3. The fourth-order valence-electron chi connectivity index (χ4n) is 2.55. The molecule has 3 atom stereocenters. The molecule has 90 valence electrons. The maximum absolute atomic E-state index is 12.4. The number of carbonyl (C=O) groups excluding carboxylic acids is 1. The van der Waals surface area contributed by atoms with Crippen LogP contribution in [0.1, 0.15) is 47.0 Å². The van der Waals surface area contributed by atoms with Crippen LogP contribution in [0.2, 0.25) is 0 Å². The molecule has 0 aliphatic heterocycles. The molecule has 0 bridgehead atoms. The molecule has 0 unspecified atom stereocenters. The third kappa shape index (κ3) is 2.63. The van der Waals surface area contributed by atoms with Crippen LogP contribution < -0.4 is 0 Å². The van der Waals surface area contributed by atoms with Gasteiger partial charge in [-0.2, -0.15) is 0 Å². The van der Waals surface area contributed by atoms with E-state index >= 15 is 0 Å². The Morgan fingerprint density at radius 1 is 1.50 bits per heavy atom. The van der Waals surface area contributed by atoms with Gasteiger partial charge >= 0.3 is 0 Å². The van der Waals surface area contributed by atoms with Gasteiger partial charge in [-0.3, -0.25) is 4.79 Å². The van der Waals surface area contributed by atoms with Crippen LogP contribution in [-0.2, 0) is 4.79 Å². The SMILES string of the molecule is C=C[C@]1(C)CCC[C@H](C)C(=O)[C@H]1C=C(C)C. The number of rotatable bonds is 2. The highest BCUT2D eigenvalue weighted by Crippen LogP contribution is 2.41. The molecule has 16 heavy (non-hydrogen) atoms. The van der Waals surface area contributed by atoms with E-state index in [4.69, 9.17) is 0 Å². The van der Waals surface area contributed by atoms with Crippen LogP contribution in [0.4, 0.5) is 0 Å². The van der Waals surface area contributed by atoms with Gasteiger partial charge in [-0.1, -0.05) is 38.0 Å². The molecule has 1 fully saturated rings. The summed E-state index contributed by atoms with van der Waals surface area (Å²) in [6.07, 6.45) is 7.33. The van der Waals surface area contributed by atoms with Crippen LogP contribution in [-0.4, -0.2) is 5.78 Å². The molecule has 1 saturated carbocycles. The number of Topliss-reactive ketones (excluding diaryl/α,β-unsaturated/α-hetero) is 1. The fourth-order valence-corrected chi connectivity index (χ4v) is 2.55. The Morgan fingerprint density at radius 2 is 2.12 bits per heavy atom. The zero-order valence-corrected chi connectivity index (χ0v) is 11.0. The van der Waals surface area contributed by atoms with E-state index in [2.05, 4.69) is 40.3 Å². The van der Waals surface area contributed by atoms with E-state index < -0.39 is 0 Å². The summed E-state index contributed by atoms with van der Waals surface area (Å²) in [6.45, 7) is 12.3. The lowest BCUT2D eigenvalue weighted by atomic mass is 9.72. The van der Waals surface area contributed by atoms with E-state index in [1.54, 1.807) is 0 Å². The van der Waals surface area contributed by atoms with E-state index in [0.717, 1.165) is 19.3 Å².